The molecule has 0 spiro atoms. The van der Waals surface area contributed by atoms with Crippen molar-refractivity contribution < 1.29 is 9.90 Å². The molecule has 2 N–H and O–H groups in total. The average molecular weight is 179 g/mol. The molecular formula is C10H13NO2. The molecule has 1 rings (SSSR count). The van der Waals surface area contributed by atoms with Gasteiger partial charge in [-0.25, -0.2) is 0 Å². The van der Waals surface area contributed by atoms with Gasteiger partial charge in [-0.3, -0.25) is 4.79 Å². The van der Waals surface area contributed by atoms with Crippen molar-refractivity contribution in [3.63, 3.8) is 0 Å². The van der Waals surface area contributed by atoms with Crippen molar-refractivity contribution in [3.8, 4) is 5.75 Å². The second-order valence-electron chi connectivity index (χ2n) is 3.03. The Morgan fingerprint density at radius 3 is 2.46 bits per heavy atom. The average Bonchev–Trinajstić information content (AvgIpc) is 2.10. The van der Waals surface area contributed by atoms with Gasteiger partial charge in [0.15, 0.2) is 0 Å². The van der Waals surface area contributed by atoms with Crippen molar-refractivity contribution in [2.45, 2.75) is 13.8 Å². The number of benzene rings is 1. The summed E-state index contributed by atoms with van der Waals surface area (Å²) in [5.41, 5.74) is 2.10. The van der Waals surface area contributed by atoms with Gasteiger partial charge in [0.1, 0.15) is 5.75 Å². The normalized spacial score (nSPS) is 9.77. The van der Waals surface area contributed by atoms with Crippen LogP contribution in [-0.2, 0) is 0 Å². The number of amides is 1. The minimum absolute atomic E-state index is 0.124. The molecule has 70 valence electrons. The number of aryl methyl sites for hydroxylation is 2. The van der Waals surface area contributed by atoms with E-state index < -0.39 is 0 Å². The molecule has 0 bridgehead atoms. The Kier molecular flexibility index (Phi) is 2.56. The van der Waals surface area contributed by atoms with Crippen LogP contribution in [0.4, 0.5) is 0 Å². The van der Waals surface area contributed by atoms with Crippen LogP contribution in [0.25, 0.3) is 0 Å². The minimum Gasteiger partial charge on any atom is -0.508 e. The van der Waals surface area contributed by atoms with Crippen molar-refractivity contribution in [1.82, 2.24) is 5.32 Å². The van der Waals surface area contributed by atoms with Gasteiger partial charge in [0, 0.05) is 12.6 Å². The summed E-state index contributed by atoms with van der Waals surface area (Å²) in [6.07, 6.45) is 0. The van der Waals surface area contributed by atoms with Gasteiger partial charge in [0.05, 0.1) is 0 Å². The van der Waals surface area contributed by atoms with Crippen molar-refractivity contribution in [2.75, 3.05) is 7.05 Å². The van der Waals surface area contributed by atoms with E-state index in [9.17, 15) is 9.90 Å². The Bertz CT molecular complexity index is 345. The highest BCUT2D eigenvalue weighted by Crippen LogP contribution is 2.20. The van der Waals surface area contributed by atoms with E-state index in [-0.39, 0.29) is 11.7 Å². The summed E-state index contributed by atoms with van der Waals surface area (Å²) in [7, 11) is 1.59. The molecule has 1 aromatic carbocycles. The van der Waals surface area contributed by atoms with Crippen LogP contribution in [0.1, 0.15) is 21.5 Å². The zero-order chi connectivity index (χ0) is 10.0. The van der Waals surface area contributed by atoms with Gasteiger partial charge in [-0.05, 0) is 37.1 Å². The smallest absolute Gasteiger partial charge is 0.251 e. The highest BCUT2D eigenvalue weighted by atomic mass is 16.3. The van der Waals surface area contributed by atoms with Crippen LogP contribution in [-0.4, -0.2) is 18.1 Å². The molecule has 3 heteroatoms. The van der Waals surface area contributed by atoms with E-state index >= 15 is 0 Å². The van der Waals surface area contributed by atoms with Crippen LogP contribution < -0.4 is 5.32 Å². The molecule has 1 aromatic rings. The fourth-order valence-corrected chi connectivity index (χ4v) is 1.18. The molecule has 0 aliphatic rings. The first-order chi connectivity index (χ1) is 6.06. The molecule has 1 amide bonds. The van der Waals surface area contributed by atoms with Gasteiger partial charge in [-0.15, -0.1) is 0 Å². The van der Waals surface area contributed by atoms with Crippen LogP contribution in [0.2, 0.25) is 0 Å². The molecule has 0 radical (unpaired) electrons. The number of phenols is 1. The zero-order valence-corrected chi connectivity index (χ0v) is 8.01. The van der Waals surface area contributed by atoms with Gasteiger partial charge in [-0.1, -0.05) is 0 Å². The summed E-state index contributed by atoms with van der Waals surface area (Å²) in [6.45, 7) is 3.56. The molecule has 0 saturated heterocycles. The topological polar surface area (TPSA) is 49.3 Å². The Balaban J connectivity index is 3.23. The molecular weight excluding hydrogens is 166 g/mol. The third kappa shape index (κ3) is 1.80. The fraction of sp³-hybridized carbons (Fsp3) is 0.300. The van der Waals surface area contributed by atoms with E-state index in [1.54, 1.807) is 33.0 Å². The maximum Gasteiger partial charge on any atom is 0.251 e. The lowest BCUT2D eigenvalue weighted by Crippen LogP contribution is -2.19. The Hall–Kier alpha value is -1.51. The first-order valence-corrected chi connectivity index (χ1v) is 4.08. The predicted octanol–water partition coefficient (Wildman–Crippen LogP) is 1.37. The van der Waals surface area contributed by atoms with Gasteiger partial charge in [0.2, 0.25) is 0 Å². The number of aromatic hydroxyl groups is 1. The van der Waals surface area contributed by atoms with Gasteiger partial charge < -0.3 is 10.4 Å². The quantitative estimate of drug-likeness (QED) is 0.684. The first kappa shape index (κ1) is 9.58. The molecule has 0 saturated carbocycles. The monoisotopic (exact) mass is 179 g/mol. The zero-order valence-electron chi connectivity index (χ0n) is 8.01. The number of nitrogens with one attached hydrogen (secondary N) is 1. The summed E-state index contributed by atoms with van der Waals surface area (Å²) in [6, 6.07) is 3.28. The lowest BCUT2D eigenvalue weighted by atomic mass is 10.0. The van der Waals surface area contributed by atoms with Crippen LogP contribution in [0, 0.1) is 13.8 Å². The van der Waals surface area contributed by atoms with E-state index in [1.165, 1.54) is 0 Å². The maximum atomic E-state index is 11.3. The van der Waals surface area contributed by atoms with E-state index in [0.29, 0.717) is 11.1 Å². The second-order valence-corrected chi connectivity index (χ2v) is 3.03. The van der Waals surface area contributed by atoms with Crippen LogP contribution in [0.3, 0.4) is 0 Å². The van der Waals surface area contributed by atoms with Gasteiger partial charge in [-0.2, -0.15) is 0 Å². The van der Waals surface area contributed by atoms with Crippen LogP contribution >= 0.6 is 0 Å². The Morgan fingerprint density at radius 1 is 1.31 bits per heavy atom. The lowest BCUT2D eigenvalue weighted by molar-refractivity contribution is 0.0962. The Labute approximate surface area is 77.4 Å². The van der Waals surface area contributed by atoms with Crippen LogP contribution in [0.5, 0.6) is 5.75 Å². The molecule has 0 fully saturated rings. The van der Waals surface area contributed by atoms with Crippen molar-refractivity contribution >= 4 is 5.91 Å². The highest BCUT2D eigenvalue weighted by molar-refractivity contribution is 5.95. The predicted molar refractivity (Wildman–Crippen MR) is 51.0 cm³/mol. The first-order valence-electron chi connectivity index (χ1n) is 4.08. The number of hydrogen-bond acceptors (Lipinski definition) is 2. The molecule has 0 unspecified atom stereocenters. The number of carbonyl (C=O) groups excluding carboxylic acids is 1. The van der Waals surface area contributed by atoms with Crippen molar-refractivity contribution in [2.24, 2.45) is 0 Å². The third-order valence-electron chi connectivity index (χ3n) is 2.01. The molecule has 0 atom stereocenters. The van der Waals surface area contributed by atoms with E-state index in [1.807, 2.05) is 0 Å². The van der Waals surface area contributed by atoms with Crippen molar-refractivity contribution in [1.29, 1.82) is 0 Å². The summed E-state index contributed by atoms with van der Waals surface area (Å²) in [4.78, 5) is 11.3. The fourth-order valence-electron chi connectivity index (χ4n) is 1.18. The molecule has 0 aliphatic heterocycles. The number of rotatable bonds is 1. The molecule has 3 nitrogen and oxygen atoms in total. The van der Waals surface area contributed by atoms with E-state index in [2.05, 4.69) is 5.32 Å². The SMILES string of the molecule is CNC(=O)c1cc(C)c(O)cc1C. The maximum absolute atomic E-state index is 11.3. The second kappa shape index (κ2) is 3.47. The summed E-state index contributed by atoms with van der Waals surface area (Å²) >= 11 is 0. The lowest BCUT2D eigenvalue weighted by Gasteiger charge is -2.06. The molecule has 0 heterocycles. The van der Waals surface area contributed by atoms with Gasteiger partial charge >= 0.3 is 0 Å². The van der Waals surface area contributed by atoms with Crippen LogP contribution in [0.15, 0.2) is 12.1 Å². The highest BCUT2D eigenvalue weighted by Gasteiger charge is 2.09. The molecule has 13 heavy (non-hydrogen) atoms. The summed E-state index contributed by atoms with van der Waals surface area (Å²) < 4.78 is 0. The molecule has 0 aliphatic carbocycles. The van der Waals surface area contributed by atoms with Crippen molar-refractivity contribution in [3.05, 3.63) is 28.8 Å². The third-order valence-corrected chi connectivity index (χ3v) is 2.01. The largest absolute Gasteiger partial charge is 0.508 e. The van der Waals surface area contributed by atoms with E-state index in [0.717, 1.165) is 5.56 Å². The summed E-state index contributed by atoms with van der Waals surface area (Å²) in [5, 5.41) is 11.9. The summed E-state index contributed by atoms with van der Waals surface area (Å²) in [5.74, 6) is 0.103. The minimum atomic E-state index is -0.124. The Morgan fingerprint density at radius 2 is 1.92 bits per heavy atom. The standard InChI is InChI=1S/C10H13NO2/c1-6-5-9(12)7(2)4-8(6)10(13)11-3/h4-5,12H,1-3H3,(H,11,13). The van der Waals surface area contributed by atoms with E-state index in [4.69, 9.17) is 0 Å². The number of hydrogen-bond donors (Lipinski definition) is 2. The molecule has 0 aromatic heterocycles. The van der Waals surface area contributed by atoms with Gasteiger partial charge in [0.25, 0.3) is 5.91 Å². The number of phenolic OH excluding ortho intramolecular Hbond substituents is 1. The number of carbonyl (C=O) groups is 1.